The second kappa shape index (κ2) is 6.28. The van der Waals surface area contributed by atoms with E-state index >= 15 is 0 Å². The summed E-state index contributed by atoms with van der Waals surface area (Å²) in [5.74, 6) is -0.156. The van der Waals surface area contributed by atoms with Gasteiger partial charge in [0.15, 0.2) is 0 Å². The Morgan fingerprint density at radius 2 is 2.18 bits per heavy atom. The standard InChI is InChI=1S/C14H21NO2/c1-4-5-6-11(3)15-14(17)12-8-7-10(2)9-13(12)16/h7-9,11,16H,4-6H2,1-3H3,(H,15,17). The Labute approximate surface area is 103 Å². The molecule has 0 bridgehead atoms. The van der Waals surface area contributed by atoms with E-state index in [9.17, 15) is 9.90 Å². The molecule has 2 N–H and O–H groups in total. The zero-order valence-corrected chi connectivity index (χ0v) is 10.8. The van der Waals surface area contributed by atoms with Gasteiger partial charge < -0.3 is 10.4 Å². The highest BCUT2D eigenvalue weighted by Crippen LogP contribution is 2.18. The van der Waals surface area contributed by atoms with Crippen molar-refractivity contribution in [1.29, 1.82) is 0 Å². The molecule has 1 aromatic carbocycles. The Morgan fingerprint density at radius 1 is 1.47 bits per heavy atom. The van der Waals surface area contributed by atoms with Crippen molar-refractivity contribution in [2.75, 3.05) is 0 Å². The van der Waals surface area contributed by atoms with Crippen molar-refractivity contribution in [3.63, 3.8) is 0 Å². The highest BCUT2D eigenvalue weighted by molar-refractivity contribution is 5.97. The van der Waals surface area contributed by atoms with Gasteiger partial charge in [0.1, 0.15) is 5.75 Å². The van der Waals surface area contributed by atoms with Crippen LogP contribution in [0.5, 0.6) is 5.75 Å². The van der Waals surface area contributed by atoms with Crippen LogP contribution in [-0.4, -0.2) is 17.1 Å². The van der Waals surface area contributed by atoms with Gasteiger partial charge in [0.25, 0.3) is 5.91 Å². The molecule has 0 aliphatic carbocycles. The number of phenolic OH excluding ortho intramolecular Hbond substituents is 1. The topological polar surface area (TPSA) is 49.3 Å². The van der Waals surface area contributed by atoms with Gasteiger partial charge in [0.2, 0.25) is 0 Å². The first kappa shape index (κ1) is 13.6. The fourth-order valence-electron chi connectivity index (χ4n) is 1.72. The molecule has 0 radical (unpaired) electrons. The van der Waals surface area contributed by atoms with E-state index < -0.39 is 0 Å². The number of carbonyl (C=O) groups excluding carboxylic acids is 1. The van der Waals surface area contributed by atoms with Crippen molar-refractivity contribution >= 4 is 5.91 Å². The van der Waals surface area contributed by atoms with Crippen LogP contribution < -0.4 is 5.32 Å². The molecule has 0 aliphatic rings. The molecule has 3 heteroatoms. The summed E-state index contributed by atoms with van der Waals surface area (Å²) in [4.78, 5) is 11.9. The maximum atomic E-state index is 11.9. The minimum atomic E-state index is -0.203. The average Bonchev–Trinajstić information content (AvgIpc) is 2.26. The SMILES string of the molecule is CCCCC(C)NC(=O)c1ccc(C)cc1O. The first-order valence-electron chi connectivity index (χ1n) is 6.15. The van der Waals surface area contributed by atoms with Gasteiger partial charge in [0, 0.05) is 6.04 Å². The second-order valence-corrected chi connectivity index (χ2v) is 4.54. The summed E-state index contributed by atoms with van der Waals surface area (Å²) in [5.41, 5.74) is 1.29. The second-order valence-electron chi connectivity index (χ2n) is 4.54. The molecule has 0 heterocycles. The van der Waals surface area contributed by atoms with Gasteiger partial charge in [-0.2, -0.15) is 0 Å². The van der Waals surface area contributed by atoms with Gasteiger partial charge in [-0.15, -0.1) is 0 Å². The van der Waals surface area contributed by atoms with Gasteiger partial charge in [-0.1, -0.05) is 25.8 Å². The Morgan fingerprint density at radius 3 is 2.76 bits per heavy atom. The van der Waals surface area contributed by atoms with Crippen LogP contribution in [0.15, 0.2) is 18.2 Å². The van der Waals surface area contributed by atoms with Gasteiger partial charge in [-0.25, -0.2) is 0 Å². The number of carbonyl (C=O) groups is 1. The predicted molar refractivity (Wildman–Crippen MR) is 69.3 cm³/mol. The maximum Gasteiger partial charge on any atom is 0.255 e. The molecule has 1 amide bonds. The van der Waals surface area contributed by atoms with Crippen LogP contribution in [0.2, 0.25) is 0 Å². The first-order valence-corrected chi connectivity index (χ1v) is 6.15. The van der Waals surface area contributed by atoms with E-state index in [4.69, 9.17) is 0 Å². The zero-order chi connectivity index (χ0) is 12.8. The highest BCUT2D eigenvalue weighted by atomic mass is 16.3. The third-order valence-corrected chi connectivity index (χ3v) is 2.77. The zero-order valence-electron chi connectivity index (χ0n) is 10.8. The van der Waals surface area contributed by atoms with Crippen LogP contribution >= 0.6 is 0 Å². The summed E-state index contributed by atoms with van der Waals surface area (Å²) < 4.78 is 0. The van der Waals surface area contributed by atoms with Crippen LogP contribution in [0.4, 0.5) is 0 Å². The van der Waals surface area contributed by atoms with E-state index in [0.717, 1.165) is 24.8 Å². The van der Waals surface area contributed by atoms with Crippen LogP contribution in [0.1, 0.15) is 49.0 Å². The number of unbranched alkanes of at least 4 members (excludes halogenated alkanes) is 1. The summed E-state index contributed by atoms with van der Waals surface area (Å²) in [6.07, 6.45) is 3.19. The van der Waals surface area contributed by atoms with Gasteiger partial charge >= 0.3 is 0 Å². The van der Waals surface area contributed by atoms with E-state index in [2.05, 4.69) is 12.2 Å². The molecule has 0 aromatic heterocycles. The molecular formula is C14H21NO2. The molecule has 1 aromatic rings. The van der Waals surface area contributed by atoms with Crippen molar-refractivity contribution in [3.8, 4) is 5.75 Å². The minimum Gasteiger partial charge on any atom is -0.507 e. The lowest BCUT2D eigenvalue weighted by Crippen LogP contribution is -2.32. The lowest BCUT2D eigenvalue weighted by molar-refractivity contribution is 0.0935. The quantitative estimate of drug-likeness (QED) is 0.824. The highest BCUT2D eigenvalue weighted by Gasteiger charge is 2.13. The largest absolute Gasteiger partial charge is 0.507 e. The summed E-state index contributed by atoms with van der Waals surface area (Å²) in [6, 6.07) is 5.23. The van der Waals surface area contributed by atoms with E-state index in [1.807, 2.05) is 19.9 Å². The van der Waals surface area contributed by atoms with E-state index in [0.29, 0.717) is 5.56 Å². The first-order chi connectivity index (χ1) is 8.04. The van der Waals surface area contributed by atoms with Crippen LogP contribution in [0.3, 0.4) is 0 Å². The van der Waals surface area contributed by atoms with Crippen LogP contribution in [0.25, 0.3) is 0 Å². The molecule has 1 rings (SSSR count). The summed E-state index contributed by atoms with van der Waals surface area (Å²) >= 11 is 0. The van der Waals surface area contributed by atoms with E-state index in [1.165, 1.54) is 0 Å². The van der Waals surface area contributed by atoms with Crippen molar-refractivity contribution < 1.29 is 9.90 Å². The van der Waals surface area contributed by atoms with Crippen molar-refractivity contribution in [1.82, 2.24) is 5.32 Å². The summed E-state index contributed by atoms with van der Waals surface area (Å²) in [7, 11) is 0. The molecule has 1 atom stereocenters. The molecule has 1 unspecified atom stereocenters. The fraction of sp³-hybridized carbons (Fsp3) is 0.500. The minimum absolute atomic E-state index is 0.0465. The van der Waals surface area contributed by atoms with E-state index in [1.54, 1.807) is 12.1 Å². The normalized spacial score (nSPS) is 12.2. The third kappa shape index (κ3) is 4.10. The van der Waals surface area contributed by atoms with Gasteiger partial charge in [-0.3, -0.25) is 4.79 Å². The number of aryl methyl sites for hydroxylation is 1. The average molecular weight is 235 g/mol. The molecule has 94 valence electrons. The van der Waals surface area contributed by atoms with Crippen molar-refractivity contribution in [2.45, 2.75) is 46.1 Å². The van der Waals surface area contributed by atoms with E-state index in [-0.39, 0.29) is 17.7 Å². The number of rotatable bonds is 5. The number of nitrogens with one attached hydrogen (secondary N) is 1. The summed E-state index contributed by atoms with van der Waals surface area (Å²) in [5, 5.41) is 12.6. The van der Waals surface area contributed by atoms with Crippen molar-refractivity contribution in [2.24, 2.45) is 0 Å². The number of hydrogen-bond donors (Lipinski definition) is 2. The number of benzene rings is 1. The lowest BCUT2D eigenvalue weighted by atomic mass is 10.1. The summed E-state index contributed by atoms with van der Waals surface area (Å²) in [6.45, 7) is 5.99. The Kier molecular flexibility index (Phi) is 5.01. The Balaban J connectivity index is 2.63. The molecule has 0 saturated heterocycles. The molecule has 0 fully saturated rings. The lowest BCUT2D eigenvalue weighted by Gasteiger charge is -2.14. The monoisotopic (exact) mass is 235 g/mol. The molecule has 3 nitrogen and oxygen atoms in total. The molecular weight excluding hydrogens is 214 g/mol. The molecule has 0 spiro atoms. The van der Waals surface area contributed by atoms with Gasteiger partial charge in [0.05, 0.1) is 5.56 Å². The maximum absolute atomic E-state index is 11.9. The molecule has 17 heavy (non-hydrogen) atoms. The van der Waals surface area contributed by atoms with Gasteiger partial charge in [-0.05, 0) is 38.0 Å². The fourth-order valence-corrected chi connectivity index (χ4v) is 1.72. The Bertz CT molecular complexity index is 388. The third-order valence-electron chi connectivity index (χ3n) is 2.77. The smallest absolute Gasteiger partial charge is 0.255 e. The molecule has 0 saturated carbocycles. The van der Waals surface area contributed by atoms with Crippen molar-refractivity contribution in [3.05, 3.63) is 29.3 Å². The van der Waals surface area contributed by atoms with Crippen LogP contribution in [-0.2, 0) is 0 Å². The number of aromatic hydroxyl groups is 1. The Hall–Kier alpha value is -1.51. The number of hydrogen-bond acceptors (Lipinski definition) is 2. The van der Waals surface area contributed by atoms with Crippen LogP contribution in [0, 0.1) is 6.92 Å². The number of phenols is 1. The number of amides is 1. The molecule has 0 aliphatic heterocycles. The predicted octanol–water partition coefficient (Wildman–Crippen LogP) is 3.01.